The molecule has 128 valence electrons. The molecule has 1 aliphatic heterocycles. The molecule has 1 N–H and O–H groups in total. The van der Waals surface area contributed by atoms with Crippen LogP contribution < -0.4 is 10.1 Å². The average Bonchev–Trinajstić information content (AvgIpc) is 2.90. The largest absolute Gasteiger partial charge is 0.493 e. The Morgan fingerprint density at radius 3 is 3.16 bits per heavy atom. The highest BCUT2D eigenvalue weighted by molar-refractivity contribution is 5.79. The van der Waals surface area contributed by atoms with Crippen molar-refractivity contribution in [1.29, 1.82) is 0 Å². The number of pyridine rings is 1. The normalized spacial score (nSPS) is 16.8. The second-order valence-electron chi connectivity index (χ2n) is 6.17. The fraction of sp³-hybridized carbons (Fsp3) is 0.263. The predicted molar refractivity (Wildman–Crippen MR) is 90.9 cm³/mol. The molecule has 5 nitrogen and oxygen atoms in total. The number of amides is 1. The Morgan fingerprint density at radius 1 is 1.36 bits per heavy atom. The summed E-state index contributed by atoms with van der Waals surface area (Å²) in [6.07, 6.45) is 5.44. The van der Waals surface area contributed by atoms with Gasteiger partial charge in [-0.15, -0.1) is 0 Å². The zero-order valence-electron chi connectivity index (χ0n) is 13.6. The van der Waals surface area contributed by atoms with Crippen molar-refractivity contribution in [1.82, 2.24) is 14.7 Å². The Hall–Kier alpha value is -2.89. The van der Waals surface area contributed by atoms with Crippen molar-refractivity contribution >= 4 is 11.6 Å². The molecule has 1 aromatic carbocycles. The van der Waals surface area contributed by atoms with E-state index in [9.17, 15) is 9.18 Å². The molecule has 0 aliphatic carbocycles. The van der Waals surface area contributed by atoms with Crippen LogP contribution in [0, 0.1) is 5.82 Å². The lowest BCUT2D eigenvalue weighted by atomic mass is 10.0. The van der Waals surface area contributed by atoms with E-state index in [2.05, 4.69) is 10.3 Å². The molecular formula is C19H18FN3O2. The number of carbonyl (C=O) groups excluding carboxylic acids is 1. The molecule has 4 rings (SSSR count). The summed E-state index contributed by atoms with van der Waals surface area (Å²) >= 11 is 0. The van der Waals surface area contributed by atoms with Gasteiger partial charge in [-0.05, 0) is 43.2 Å². The monoisotopic (exact) mass is 339 g/mol. The zero-order chi connectivity index (χ0) is 17.2. The van der Waals surface area contributed by atoms with Gasteiger partial charge in [-0.25, -0.2) is 9.37 Å². The van der Waals surface area contributed by atoms with Crippen LogP contribution >= 0.6 is 0 Å². The topological polar surface area (TPSA) is 55.6 Å². The van der Waals surface area contributed by atoms with E-state index in [1.807, 2.05) is 35.0 Å². The van der Waals surface area contributed by atoms with Crippen LogP contribution in [0.3, 0.4) is 0 Å². The van der Waals surface area contributed by atoms with Crippen LogP contribution in [0.15, 0.2) is 48.8 Å². The molecule has 0 bridgehead atoms. The Balaban J connectivity index is 1.51. The molecule has 0 fully saturated rings. The summed E-state index contributed by atoms with van der Waals surface area (Å²) in [6, 6.07) is 9.90. The molecule has 25 heavy (non-hydrogen) atoms. The maximum atomic E-state index is 13.6. The average molecular weight is 339 g/mol. The maximum Gasteiger partial charge on any atom is 0.226 e. The first-order valence-electron chi connectivity index (χ1n) is 8.33. The molecule has 0 saturated heterocycles. The highest BCUT2D eigenvalue weighted by Gasteiger charge is 2.22. The summed E-state index contributed by atoms with van der Waals surface area (Å²) in [5.74, 6) is 0.172. The third kappa shape index (κ3) is 3.33. The van der Waals surface area contributed by atoms with Gasteiger partial charge in [0, 0.05) is 18.0 Å². The number of ether oxygens (including phenoxy) is 1. The fourth-order valence-corrected chi connectivity index (χ4v) is 3.18. The molecule has 0 saturated carbocycles. The van der Waals surface area contributed by atoms with Crippen molar-refractivity contribution in [3.8, 4) is 5.75 Å². The molecule has 6 heteroatoms. The molecule has 2 aromatic heterocycles. The smallest absolute Gasteiger partial charge is 0.226 e. The molecule has 3 aromatic rings. The van der Waals surface area contributed by atoms with Gasteiger partial charge in [0.25, 0.3) is 0 Å². The SMILES string of the molecule is O=C(Cc1cn2ccccc2n1)NC1CCCOc2ccc(F)cc21. The van der Waals surface area contributed by atoms with E-state index in [0.717, 1.165) is 12.1 Å². The van der Waals surface area contributed by atoms with Crippen LogP contribution in [-0.2, 0) is 11.2 Å². The standard InChI is InChI=1S/C19H18FN3O2/c20-13-6-7-17-15(10-13)16(4-3-9-25-17)22-19(24)11-14-12-23-8-2-1-5-18(23)21-14/h1-2,5-8,10,12,16H,3-4,9,11H2,(H,22,24). The third-order valence-corrected chi connectivity index (χ3v) is 4.33. The van der Waals surface area contributed by atoms with Crippen molar-refractivity contribution < 1.29 is 13.9 Å². The summed E-state index contributed by atoms with van der Waals surface area (Å²) < 4.78 is 21.1. The van der Waals surface area contributed by atoms with Crippen LogP contribution in [0.2, 0.25) is 0 Å². The molecule has 3 heterocycles. The van der Waals surface area contributed by atoms with Crippen molar-refractivity contribution in [2.75, 3.05) is 6.61 Å². The van der Waals surface area contributed by atoms with Crippen molar-refractivity contribution in [3.63, 3.8) is 0 Å². The first-order valence-corrected chi connectivity index (χ1v) is 8.33. The third-order valence-electron chi connectivity index (χ3n) is 4.33. The Bertz CT molecular complexity index is 889. The fourth-order valence-electron chi connectivity index (χ4n) is 3.18. The maximum absolute atomic E-state index is 13.6. The summed E-state index contributed by atoms with van der Waals surface area (Å²) in [7, 11) is 0. The number of nitrogens with zero attached hydrogens (tertiary/aromatic N) is 2. The first kappa shape index (κ1) is 15.6. The van der Waals surface area contributed by atoms with Gasteiger partial charge in [0.05, 0.1) is 24.8 Å². The van der Waals surface area contributed by atoms with Crippen molar-refractivity contribution in [2.45, 2.75) is 25.3 Å². The summed E-state index contributed by atoms with van der Waals surface area (Å²) in [5, 5.41) is 3.00. The number of fused-ring (bicyclic) bond motifs is 2. The van der Waals surface area contributed by atoms with Gasteiger partial charge >= 0.3 is 0 Å². The van der Waals surface area contributed by atoms with Crippen LogP contribution in [-0.4, -0.2) is 21.9 Å². The second kappa shape index (κ2) is 6.55. The molecule has 0 radical (unpaired) electrons. The Kier molecular flexibility index (Phi) is 4.09. The van der Waals surface area contributed by atoms with Crippen LogP contribution in [0.1, 0.15) is 30.1 Å². The number of hydrogen-bond acceptors (Lipinski definition) is 3. The number of nitrogens with one attached hydrogen (secondary N) is 1. The van der Waals surface area contributed by atoms with Gasteiger partial charge in [0.1, 0.15) is 17.2 Å². The number of hydrogen-bond donors (Lipinski definition) is 1. The van der Waals surface area contributed by atoms with E-state index < -0.39 is 0 Å². The van der Waals surface area contributed by atoms with Crippen LogP contribution in [0.5, 0.6) is 5.75 Å². The number of aromatic nitrogens is 2. The van der Waals surface area contributed by atoms with Gasteiger partial charge in [-0.2, -0.15) is 0 Å². The number of halogens is 1. The minimum absolute atomic E-state index is 0.134. The molecule has 1 unspecified atom stereocenters. The van der Waals surface area contributed by atoms with Crippen molar-refractivity contribution in [2.24, 2.45) is 0 Å². The highest BCUT2D eigenvalue weighted by atomic mass is 19.1. The minimum Gasteiger partial charge on any atom is -0.493 e. The number of imidazole rings is 1. The molecule has 0 spiro atoms. The Morgan fingerprint density at radius 2 is 2.28 bits per heavy atom. The van der Waals surface area contributed by atoms with Gasteiger partial charge in [0.15, 0.2) is 0 Å². The molecule has 1 aliphatic rings. The molecule has 1 amide bonds. The number of benzene rings is 1. The summed E-state index contributed by atoms with van der Waals surface area (Å²) in [4.78, 5) is 16.9. The highest BCUT2D eigenvalue weighted by Crippen LogP contribution is 2.32. The second-order valence-corrected chi connectivity index (χ2v) is 6.17. The van der Waals surface area contributed by atoms with Gasteiger partial charge < -0.3 is 14.5 Å². The minimum atomic E-state index is -0.330. The quantitative estimate of drug-likeness (QED) is 0.798. The zero-order valence-corrected chi connectivity index (χ0v) is 13.6. The summed E-state index contributed by atoms with van der Waals surface area (Å²) in [6.45, 7) is 0.567. The summed E-state index contributed by atoms with van der Waals surface area (Å²) in [5.41, 5.74) is 2.20. The van der Waals surface area contributed by atoms with E-state index in [1.54, 1.807) is 6.07 Å². The van der Waals surface area contributed by atoms with Gasteiger partial charge in [-0.3, -0.25) is 4.79 Å². The van der Waals surface area contributed by atoms with Crippen molar-refractivity contribution in [3.05, 3.63) is 65.9 Å². The lowest BCUT2D eigenvalue weighted by Crippen LogP contribution is -2.29. The first-order chi connectivity index (χ1) is 12.2. The van der Waals surface area contributed by atoms with E-state index in [4.69, 9.17) is 4.74 Å². The Labute approximate surface area is 144 Å². The van der Waals surface area contributed by atoms with Crippen LogP contribution in [0.25, 0.3) is 5.65 Å². The van der Waals surface area contributed by atoms with E-state index in [0.29, 0.717) is 30.0 Å². The van der Waals surface area contributed by atoms with Gasteiger partial charge in [-0.1, -0.05) is 6.07 Å². The van der Waals surface area contributed by atoms with E-state index in [-0.39, 0.29) is 24.2 Å². The molecule has 1 atom stereocenters. The number of carbonyl (C=O) groups is 1. The van der Waals surface area contributed by atoms with E-state index >= 15 is 0 Å². The lowest BCUT2D eigenvalue weighted by molar-refractivity contribution is -0.121. The molecular weight excluding hydrogens is 321 g/mol. The van der Waals surface area contributed by atoms with Gasteiger partial charge in [0.2, 0.25) is 5.91 Å². The lowest BCUT2D eigenvalue weighted by Gasteiger charge is -2.18. The number of rotatable bonds is 3. The van der Waals surface area contributed by atoms with E-state index in [1.165, 1.54) is 12.1 Å². The predicted octanol–water partition coefficient (Wildman–Crippen LogP) is 3.05. The van der Waals surface area contributed by atoms with Crippen LogP contribution in [0.4, 0.5) is 4.39 Å².